The van der Waals surface area contributed by atoms with E-state index >= 15 is 0 Å². The van der Waals surface area contributed by atoms with E-state index in [0.717, 1.165) is 36.7 Å². The van der Waals surface area contributed by atoms with Gasteiger partial charge in [-0.25, -0.2) is 18.0 Å². The fourth-order valence-corrected chi connectivity index (χ4v) is 3.22. The number of aliphatic hydroxyl groups is 1. The summed E-state index contributed by atoms with van der Waals surface area (Å²) in [7, 11) is 0. The standard InChI is InChI=1S/C15H19F3N2O2S/c16-9-5-6-13(23-8-14(17)18)11(7-9)20-15(22)19-10-3-1-2-4-12(10)21/h5-7,10,12,14,21H,1-4,8H2,(H2,19,20,22). The zero-order chi connectivity index (χ0) is 16.8. The van der Waals surface area contributed by atoms with Crippen LogP contribution in [0.3, 0.4) is 0 Å². The third kappa shape index (κ3) is 5.62. The third-order valence-electron chi connectivity index (χ3n) is 3.60. The number of anilines is 1. The monoisotopic (exact) mass is 348 g/mol. The first kappa shape index (κ1) is 17.9. The number of rotatable bonds is 5. The summed E-state index contributed by atoms with van der Waals surface area (Å²) in [5.74, 6) is -1.01. The molecule has 2 rings (SSSR count). The summed E-state index contributed by atoms with van der Waals surface area (Å²) in [6.07, 6.45) is 0.0285. The molecule has 8 heteroatoms. The molecule has 128 valence electrons. The summed E-state index contributed by atoms with van der Waals surface area (Å²) in [5.41, 5.74) is 0.137. The first-order valence-electron chi connectivity index (χ1n) is 7.42. The number of halogens is 3. The molecule has 0 heterocycles. The van der Waals surface area contributed by atoms with Gasteiger partial charge >= 0.3 is 6.03 Å². The number of amides is 2. The zero-order valence-electron chi connectivity index (χ0n) is 12.4. The summed E-state index contributed by atoms with van der Waals surface area (Å²) in [4.78, 5) is 12.4. The number of hydrogen-bond donors (Lipinski definition) is 3. The van der Waals surface area contributed by atoms with Gasteiger partial charge in [0, 0.05) is 4.90 Å². The van der Waals surface area contributed by atoms with Crippen LogP contribution in [-0.2, 0) is 0 Å². The van der Waals surface area contributed by atoms with Gasteiger partial charge in [0.2, 0.25) is 6.43 Å². The van der Waals surface area contributed by atoms with Crippen molar-refractivity contribution in [3.8, 4) is 0 Å². The van der Waals surface area contributed by atoms with Crippen LogP contribution in [0.1, 0.15) is 25.7 Å². The summed E-state index contributed by atoms with van der Waals surface area (Å²) in [5, 5.41) is 15.0. The molecule has 0 aliphatic heterocycles. The molecule has 0 spiro atoms. The first-order valence-corrected chi connectivity index (χ1v) is 8.40. The van der Waals surface area contributed by atoms with Gasteiger partial charge in [-0.1, -0.05) is 12.8 Å². The molecule has 1 fully saturated rings. The zero-order valence-corrected chi connectivity index (χ0v) is 13.2. The first-order chi connectivity index (χ1) is 11.0. The van der Waals surface area contributed by atoms with E-state index in [1.165, 1.54) is 6.07 Å². The van der Waals surface area contributed by atoms with Gasteiger partial charge in [-0.05, 0) is 31.0 Å². The molecular formula is C15H19F3N2O2S. The van der Waals surface area contributed by atoms with E-state index in [1.807, 2.05) is 0 Å². The number of urea groups is 1. The van der Waals surface area contributed by atoms with Crippen molar-refractivity contribution in [1.82, 2.24) is 5.32 Å². The Morgan fingerprint density at radius 2 is 2.09 bits per heavy atom. The van der Waals surface area contributed by atoms with Gasteiger partial charge in [-0.2, -0.15) is 0 Å². The van der Waals surface area contributed by atoms with Crippen molar-refractivity contribution in [3.05, 3.63) is 24.0 Å². The molecule has 1 aromatic rings. The Bertz CT molecular complexity index is 545. The molecule has 2 unspecified atom stereocenters. The number of carbonyl (C=O) groups excluding carboxylic acids is 1. The Labute approximate surface area is 136 Å². The van der Waals surface area contributed by atoms with Crippen LogP contribution in [0, 0.1) is 5.82 Å². The molecule has 2 atom stereocenters. The van der Waals surface area contributed by atoms with Crippen LogP contribution in [0.2, 0.25) is 0 Å². The number of benzene rings is 1. The van der Waals surface area contributed by atoms with Crippen LogP contribution in [0.15, 0.2) is 23.1 Å². The lowest BCUT2D eigenvalue weighted by atomic mass is 9.93. The normalized spacial score (nSPS) is 21.3. The molecule has 1 aliphatic carbocycles. The lowest BCUT2D eigenvalue weighted by molar-refractivity contribution is 0.0955. The predicted molar refractivity (Wildman–Crippen MR) is 83.5 cm³/mol. The van der Waals surface area contributed by atoms with Gasteiger partial charge in [0.1, 0.15) is 5.82 Å². The number of hydrogen-bond acceptors (Lipinski definition) is 3. The maximum Gasteiger partial charge on any atom is 0.319 e. The SMILES string of the molecule is O=C(Nc1cc(F)ccc1SCC(F)F)NC1CCCCC1O. The van der Waals surface area contributed by atoms with E-state index in [4.69, 9.17) is 0 Å². The van der Waals surface area contributed by atoms with Gasteiger partial charge in [0.15, 0.2) is 0 Å². The maximum absolute atomic E-state index is 13.3. The predicted octanol–water partition coefficient (Wildman–Crippen LogP) is 3.61. The van der Waals surface area contributed by atoms with Crippen LogP contribution in [-0.4, -0.2) is 35.5 Å². The molecule has 0 aromatic heterocycles. The third-order valence-corrected chi connectivity index (χ3v) is 4.69. The molecule has 4 nitrogen and oxygen atoms in total. The Hall–Kier alpha value is -1.41. The van der Waals surface area contributed by atoms with E-state index in [-0.39, 0.29) is 11.7 Å². The van der Waals surface area contributed by atoms with E-state index in [1.54, 1.807) is 0 Å². The highest BCUT2D eigenvalue weighted by Crippen LogP contribution is 2.29. The Balaban J connectivity index is 1.99. The molecular weight excluding hydrogens is 329 g/mol. The van der Waals surface area contributed by atoms with Crippen molar-refractivity contribution in [3.63, 3.8) is 0 Å². The maximum atomic E-state index is 13.3. The Kier molecular flexibility index (Phi) is 6.59. The van der Waals surface area contributed by atoms with Crippen LogP contribution in [0.4, 0.5) is 23.7 Å². The van der Waals surface area contributed by atoms with Crippen molar-refractivity contribution in [2.45, 2.75) is 49.2 Å². The van der Waals surface area contributed by atoms with Crippen molar-refractivity contribution >= 4 is 23.5 Å². The fourth-order valence-electron chi connectivity index (χ4n) is 2.48. The highest BCUT2D eigenvalue weighted by molar-refractivity contribution is 7.99. The molecule has 0 saturated heterocycles. The second kappa shape index (κ2) is 8.44. The average Bonchev–Trinajstić information content (AvgIpc) is 2.48. The van der Waals surface area contributed by atoms with E-state index in [0.29, 0.717) is 17.7 Å². The van der Waals surface area contributed by atoms with Crippen LogP contribution in [0.25, 0.3) is 0 Å². The molecule has 0 bridgehead atoms. The Morgan fingerprint density at radius 1 is 1.35 bits per heavy atom. The Morgan fingerprint density at radius 3 is 2.78 bits per heavy atom. The molecule has 3 N–H and O–H groups in total. The quantitative estimate of drug-likeness (QED) is 0.713. The molecule has 1 aliphatic rings. The second-order valence-corrected chi connectivity index (χ2v) is 6.46. The second-order valence-electron chi connectivity index (χ2n) is 5.40. The number of nitrogens with one attached hydrogen (secondary N) is 2. The molecule has 0 radical (unpaired) electrons. The minimum Gasteiger partial charge on any atom is -0.391 e. The van der Waals surface area contributed by atoms with E-state index in [9.17, 15) is 23.1 Å². The number of carbonyl (C=O) groups is 1. The lowest BCUT2D eigenvalue weighted by Gasteiger charge is -2.28. The largest absolute Gasteiger partial charge is 0.391 e. The number of alkyl halides is 2. The van der Waals surface area contributed by atoms with Crippen molar-refractivity contribution in [2.75, 3.05) is 11.1 Å². The summed E-state index contributed by atoms with van der Waals surface area (Å²) >= 11 is 0.844. The molecule has 2 amide bonds. The minimum absolute atomic E-state index is 0.137. The lowest BCUT2D eigenvalue weighted by Crippen LogP contribution is -2.46. The van der Waals surface area contributed by atoms with E-state index < -0.39 is 30.1 Å². The van der Waals surface area contributed by atoms with Crippen molar-refractivity contribution in [1.29, 1.82) is 0 Å². The number of aliphatic hydroxyl groups excluding tert-OH is 1. The van der Waals surface area contributed by atoms with Gasteiger partial charge < -0.3 is 15.7 Å². The fraction of sp³-hybridized carbons (Fsp3) is 0.533. The molecule has 1 aromatic carbocycles. The minimum atomic E-state index is -2.50. The summed E-state index contributed by atoms with van der Waals surface area (Å²) in [6.45, 7) is 0. The highest BCUT2D eigenvalue weighted by Gasteiger charge is 2.24. The van der Waals surface area contributed by atoms with Gasteiger partial charge in [0.25, 0.3) is 0 Å². The smallest absolute Gasteiger partial charge is 0.319 e. The van der Waals surface area contributed by atoms with Gasteiger partial charge in [0.05, 0.1) is 23.6 Å². The molecule has 1 saturated carbocycles. The number of thioether (sulfide) groups is 1. The summed E-state index contributed by atoms with van der Waals surface area (Å²) < 4.78 is 38.0. The summed E-state index contributed by atoms with van der Waals surface area (Å²) in [6, 6.07) is 2.66. The highest BCUT2D eigenvalue weighted by atomic mass is 32.2. The van der Waals surface area contributed by atoms with Crippen molar-refractivity contribution < 1.29 is 23.1 Å². The molecule has 23 heavy (non-hydrogen) atoms. The van der Waals surface area contributed by atoms with Crippen LogP contribution < -0.4 is 10.6 Å². The van der Waals surface area contributed by atoms with Gasteiger partial charge in [-0.15, -0.1) is 11.8 Å². The average molecular weight is 348 g/mol. The van der Waals surface area contributed by atoms with Crippen LogP contribution in [0.5, 0.6) is 0 Å². The van der Waals surface area contributed by atoms with Gasteiger partial charge in [-0.3, -0.25) is 0 Å². The van der Waals surface area contributed by atoms with Crippen molar-refractivity contribution in [2.24, 2.45) is 0 Å². The topological polar surface area (TPSA) is 61.4 Å². The van der Waals surface area contributed by atoms with E-state index in [2.05, 4.69) is 10.6 Å². The van der Waals surface area contributed by atoms with Crippen LogP contribution >= 0.6 is 11.8 Å².